The Bertz CT molecular complexity index is 1070. The molecule has 0 aliphatic carbocycles. The molecule has 1 N–H and O–H groups in total. The Hall–Kier alpha value is -2.43. The van der Waals surface area contributed by atoms with Gasteiger partial charge in [0.25, 0.3) is 5.91 Å². The Morgan fingerprint density at radius 2 is 2.00 bits per heavy atom. The summed E-state index contributed by atoms with van der Waals surface area (Å²) in [5.74, 6) is -0.0512. The second kappa shape index (κ2) is 9.82. The highest BCUT2D eigenvalue weighted by Gasteiger charge is 2.33. The molecule has 2 aliphatic heterocycles. The maximum atomic E-state index is 13.0. The van der Waals surface area contributed by atoms with Crippen LogP contribution in [0.5, 0.6) is 5.06 Å². The highest BCUT2D eigenvalue weighted by atomic mass is 79.9. The summed E-state index contributed by atoms with van der Waals surface area (Å²) in [5, 5.41) is 3.24. The van der Waals surface area contributed by atoms with Gasteiger partial charge in [-0.2, -0.15) is 0 Å². The standard InChI is InChI=1S/C23H27BrN4O4S/c1-14-10-16(4-5-18(14)22(30)27-9-8-17(13-27)26(2)3)28-12-15(11-20(28)29)25-23(31)32-21-7-6-19(24)33-21/h4-7,10,15,17H,8-9,11-13H2,1-3H3,(H,25,31). The van der Waals surface area contributed by atoms with Crippen molar-refractivity contribution in [2.75, 3.05) is 38.6 Å². The van der Waals surface area contributed by atoms with E-state index >= 15 is 0 Å². The first-order valence-electron chi connectivity index (χ1n) is 10.8. The van der Waals surface area contributed by atoms with E-state index in [9.17, 15) is 14.4 Å². The molecular formula is C23H27BrN4O4S. The molecule has 1 aromatic carbocycles. The molecule has 33 heavy (non-hydrogen) atoms. The van der Waals surface area contributed by atoms with Crippen LogP contribution in [0.3, 0.4) is 0 Å². The fraction of sp³-hybridized carbons (Fsp3) is 0.435. The van der Waals surface area contributed by atoms with Crippen LogP contribution in [-0.2, 0) is 4.79 Å². The summed E-state index contributed by atoms with van der Waals surface area (Å²) in [6.07, 6.45) is 0.587. The number of halogens is 1. The van der Waals surface area contributed by atoms with Gasteiger partial charge < -0.3 is 24.8 Å². The zero-order chi connectivity index (χ0) is 23.7. The minimum absolute atomic E-state index is 0.0265. The van der Waals surface area contributed by atoms with Crippen LogP contribution < -0.4 is 15.0 Å². The Morgan fingerprint density at radius 1 is 1.21 bits per heavy atom. The summed E-state index contributed by atoms with van der Waals surface area (Å²) in [7, 11) is 4.07. The molecule has 8 nitrogen and oxygen atoms in total. The molecule has 2 saturated heterocycles. The Balaban J connectivity index is 1.38. The highest BCUT2D eigenvalue weighted by Crippen LogP contribution is 2.29. The normalized spacial score (nSPS) is 20.6. The van der Waals surface area contributed by atoms with Gasteiger partial charge in [0.1, 0.15) is 0 Å². The van der Waals surface area contributed by atoms with Crippen LogP contribution in [0.1, 0.15) is 28.8 Å². The maximum Gasteiger partial charge on any atom is 0.413 e. The fourth-order valence-electron chi connectivity index (χ4n) is 4.27. The van der Waals surface area contributed by atoms with E-state index in [1.807, 2.05) is 38.1 Å². The number of benzene rings is 1. The van der Waals surface area contributed by atoms with Gasteiger partial charge in [-0.3, -0.25) is 9.59 Å². The second-order valence-electron chi connectivity index (χ2n) is 8.65. The average molecular weight is 535 g/mol. The first kappa shape index (κ1) is 23.7. The summed E-state index contributed by atoms with van der Waals surface area (Å²) in [6, 6.07) is 9.02. The van der Waals surface area contributed by atoms with Gasteiger partial charge in [0.05, 0.1) is 9.83 Å². The molecule has 4 rings (SSSR count). The molecule has 1 aromatic heterocycles. The van der Waals surface area contributed by atoms with Crippen molar-refractivity contribution in [3.8, 4) is 5.06 Å². The Labute approximate surface area is 205 Å². The number of carbonyl (C=O) groups excluding carboxylic acids is 3. The number of likely N-dealkylation sites (N-methyl/N-ethyl adjacent to an activating group) is 1. The first-order valence-corrected chi connectivity index (χ1v) is 12.4. The summed E-state index contributed by atoms with van der Waals surface area (Å²) < 4.78 is 6.14. The lowest BCUT2D eigenvalue weighted by Gasteiger charge is -2.22. The summed E-state index contributed by atoms with van der Waals surface area (Å²) in [6.45, 7) is 3.72. The number of rotatable bonds is 5. The summed E-state index contributed by atoms with van der Waals surface area (Å²) in [4.78, 5) is 43.5. The zero-order valence-corrected chi connectivity index (χ0v) is 21.2. The van der Waals surface area contributed by atoms with Gasteiger partial charge in [0.2, 0.25) is 5.91 Å². The van der Waals surface area contributed by atoms with Crippen molar-refractivity contribution in [1.82, 2.24) is 15.1 Å². The molecule has 2 aromatic rings. The van der Waals surface area contributed by atoms with Crippen molar-refractivity contribution in [2.45, 2.75) is 31.8 Å². The second-order valence-corrected chi connectivity index (χ2v) is 11.1. The van der Waals surface area contributed by atoms with E-state index in [0.717, 1.165) is 34.5 Å². The molecule has 0 saturated carbocycles. The van der Waals surface area contributed by atoms with E-state index in [0.29, 0.717) is 23.2 Å². The van der Waals surface area contributed by atoms with Gasteiger partial charge in [-0.1, -0.05) is 11.3 Å². The molecular weight excluding hydrogens is 508 g/mol. The van der Waals surface area contributed by atoms with E-state index in [-0.39, 0.29) is 24.3 Å². The van der Waals surface area contributed by atoms with E-state index in [1.165, 1.54) is 11.3 Å². The summed E-state index contributed by atoms with van der Waals surface area (Å²) >= 11 is 4.64. The van der Waals surface area contributed by atoms with Crippen LogP contribution in [0.4, 0.5) is 10.5 Å². The largest absolute Gasteiger partial charge is 0.413 e. The lowest BCUT2D eigenvalue weighted by atomic mass is 10.1. The third-order valence-corrected chi connectivity index (χ3v) is 7.62. The number of amides is 3. The van der Waals surface area contributed by atoms with Crippen LogP contribution in [0.2, 0.25) is 0 Å². The minimum Gasteiger partial charge on any atom is -0.399 e. The van der Waals surface area contributed by atoms with E-state index < -0.39 is 6.09 Å². The van der Waals surface area contributed by atoms with Crippen molar-refractivity contribution in [3.05, 3.63) is 45.2 Å². The highest BCUT2D eigenvalue weighted by molar-refractivity contribution is 9.11. The molecule has 2 fully saturated rings. The van der Waals surface area contributed by atoms with Gasteiger partial charge >= 0.3 is 6.09 Å². The predicted octanol–water partition coefficient (Wildman–Crippen LogP) is 3.49. The van der Waals surface area contributed by atoms with Gasteiger partial charge in [-0.15, -0.1) is 0 Å². The van der Waals surface area contributed by atoms with E-state index in [4.69, 9.17) is 4.74 Å². The number of ether oxygens (including phenoxy) is 1. The summed E-state index contributed by atoms with van der Waals surface area (Å²) in [5.41, 5.74) is 2.21. The average Bonchev–Trinajstić information content (AvgIpc) is 3.48. The molecule has 0 bridgehead atoms. The predicted molar refractivity (Wildman–Crippen MR) is 131 cm³/mol. The lowest BCUT2D eigenvalue weighted by Crippen LogP contribution is -2.38. The van der Waals surface area contributed by atoms with Crippen molar-refractivity contribution in [1.29, 1.82) is 0 Å². The number of hydrogen-bond acceptors (Lipinski definition) is 6. The van der Waals surface area contributed by atoms with Crippen molar-refractivity contribution in [3.63, 3.8) is 0 Å². The minimum atomic E-state index is -0.581. The third kappa shape index (κ3) is 5.39. The first-order chi connectivity index (χ1) is 15.7. The molecule has 2 atom stereocenters. The third-order valence-electron chi connectivity index (χ3n) is 6.12. The Morgan fingerprint density at radius 3 is 2.64 bits per heavy atom. The SMILES string of the molecule is Cc1cc(N2CC(NC(=O)Oc3ccc(Br)s3)CC2=O)ccc1C(=O)N1CCC(N(C)C)C1. The van der Waals surface area contributed by atoms with E-state index in [1.54, 1.807) is 23.1 Å². The van der Waals surface area contributed by atoms with Gasteiger partial charge in [-0.25, -0.2) is 4.79 Å². The molecule has 10 heteroatoms. The van der Waals surface area contributed by atoms with Crippen molar-refractivity contribution in [2.24, 2.45) is 0 Å². The van der Waals surface area contributed by atoms with Crippen LogP contribution in [0.25, 0.3) is 0 Å². The molecule has 2 unspecified atom stereocenters. The number of likely N-dealkylation sites (tertiary alicyclic amines) is 1. The number of aryl methyl sites for hydroxylation is 1. The number of hydrogen-bond donors (Lipinski definition) is 1. The zero-order valence-electron chi connectivity index (χ0n) is 18.8. The van der Waals surface area contributed by atoms with Gasteiger partial charge in [-0.05, 0) is 79.3 Å². The Kier molecular flexibility index (Phi) is 7.06. The van der Waals surface area contributed by atoms with Gasteiger partial charge in [0, 0.05) is 43.3 Å². The lowest BCUT2D eigenvalue weighted by molar-refractivity contribution is -0.117. The number of carbonyl (C=O) groups is 3. The molecule has 2 aliphatic rings. The monoisotopic (exact) mass is 534 g/mol. The topological polar surface area (TPSA) is 82.2 Å². The molecule has 0 radical (unpaired) electrons. The van der Waals surface area contributed by atoms with Crippen LogP contribution in [-0.4, -0.2) is 73.5 Å². The fourth-order valence-corrected chi connectivity index (χ4v) is 5.46. The number of nitrogens with one attached hydrogen (secondary N) is 1. The number of thiophene rings is 1. The van der Waals surface area contributed by atoms with E-state index in [2.05, 4.69) is 26.1 Å². The molecule has 0 spiro atoms. The molecule has 176 valence electrons. The number of anilines is 1. The van der Waals surface area contributed by atoms with Gasteiger partial charge in [0.15, 0.2) is 5.06 Å². The smallest absolute Gasteiger partial charge is 0.399 e. The van der Waals surface area contributed by atoms with Crippen molar-refractivity contribution < 1.29 is 19.1 Å². The quantitative estimate of drug-likeness (QED) is 0.634. The maximum absolute atomic E-state index is 13.0. The van der Waals surface area contributed by atoms with Crippen LogP contribution in [0.15, 0.2) is 34.1 Å². The molecule has 3 heterocycles. The number of nitrogens with zero attached hydrogens (tertiary/aromatic N) is 3. The van der Waals surface area contributed by atoms with Crippen LogP contribution >= 0.6 is 27.3 Å². The molecule has 3 amide bonds. The van der Waals surface area contributed by atoms with Crippen LogP contribution in [0, 0.1) is 6.92 Å². The van der Waals surface area contributed by atoms with Crippen molar-refractivity contribution >= 4 is 50.9 Å².